The third-order valence-electron chi connectivity index (χ3n) is 5.28. The molecule has 2 heterocycles. The van der Waals surface area contributed by atoms with Gasteiger partial charge in [0.25, 0.3) is 0 Å². The molecule has 0 bridgehead atoms. The molecular weight excluding hydrogens is 248 g/mol. The zero-order chi connectivity index (χ0) is 13.5. The number of aryl methyl sites for hydroxylation is 1. The molecule has 108 valence electrons. The van der Waals surface area contributed by atoms with E-state index >= 15 is 0 Å². The number of rotatable bonds is 5. The summed E-state index contributed by atoms with van der Waals surface area (Å²) in [5, 5.41) is 0. The van der Waals surface area contributed by atoms with Gasteiger partial charge < -0.3 is 9.47 Å². The molecule has 1 aromatic rings. The Bertz CT molecular complexity index is 486. The summed E-state index contributed by atoms with van der Waals surface area (Å²) in [5.41, 5.74) is 4.64. The Kier molecular flexibility index (Phi) is 3.31. The van der Waals surface area contributed by atoms with Crippen LogP contribution in [0.2, 0.25) is 0 Å². The molecule has 3 aliphatic rings. The lowest BCUT2D eigenvalue weighted by molar-refractivity contribution is -0.156. The number of hydrogen-bond acceptors (Lipinski definition) is 2. The van der Waals surface area contributed by atoms with Gasteiger partial charge in [-0.1, -0.05) is 25.1 Å². The first-order valence-electron chi connectivity index (χ1n) is 8.16. The maximum absolute atomic E-state index is 6.06. The SMILES string of the molecule is CCc1ccc2c(c1)CC2CC1CC(CC2COC2)O1. The summed E-state index contributed by atoms with van der Waals surface area (Å²) in [6.45, 7) is 4.15. The van der Waals surface area contributed by atoms with E-state index in [-0.39, 0.29) is 0 Å². The van der Waals surface area contributed by atoms with Crippen LogP contribution in [0.15, 0.2) is 18.2 Å². The van der Waals surface area contributed by atoms with Crippen LogP contribution in [0.5, 0.6) is 0 Å². The summed E-state index contributed by atoms with van der Waals surface area (Å²) in [5.74, 6) is 1.53. The first kappa shape index (κ1) is 12.8. The van der Waals surface area contributed by atoms with E-state index in [0.717, 1.165) is 31.5 Å². The third kappa shape index (κ3) is 2.29. The standard InChI is InChI=1S/C18H24O2/c1-2-12-3-4-18-14(5-12)7-15(18)8-17-9-16(20-17)6-13-10-19-11-13/h3-5,13,15-17H,2,6-11H2,1H3. The number of ether oxygens (including phenoxy) is 2. The first-order chi connectivity index (χ1) is 9.81. The van der Waals surface area contributed by atoms with E-state index in [4.69, 9.17) is 9.47 Å². The Hall–Kier alpha value is -0.860. The molecule has 1 aliphatic carbocycles. The van der Waals surface area contributed by atoms with Crippen molar-refractivity contribution in [3.8, 4) is 0 Å². The summed E-state index contributed by atoms with van der Waals surface area (Å²) in [4.78, 5) is 0. The van der Waals surface area contributed by atoms with Gasteiger partial charge in [0.05, 0.1) is 25.4 Å². The molecule has 2 aliphatic heterocycles. The van der Waals surface area contributed by atoms with Crippen molar-refractivity contribution in [1.29, 1.82) is 0 Å². The Balaban J connectivity index is 1.25. The summed E-state index contributed by atoms with van der Waals surface area (Å²) in [7, 11) is 0. The van der Waals surface area contributed by atoms with Gasteiger partial charge in [0, 0.05) is 5.92 Å². The molecule has 0 spiro atoms. The van der Waals surface area contributed by atoms with Crippen molar-refractivity contribution in [3.05, 3.63) is 34.9 Å². The second-order valence-electron chi connectivity index (χ2n) is 6.78. The fraction of sp³-hybridized carbons (Fsp3) is 0.667. The first-order valence-corrected chi connectivity index (χ1v) is 8.16. The lowest BCUT2D eigenvalue weighted by Crippen LogP contribution is -2.43. The van der Waals surface area contributed by atoms with Crippen LogP contribution in [0.25, 0.3) is 0 Å². The van der Waals surface area contributed by atoms with Gasteiger partial charge in [0.15, 0.2) is 0 Å². The molecular formula is C18H24O2. The minimum absolute atomic E-state index is 0.519. The molecule has 4 rings (SSSR count). The molecule has 0 amide bonds. The predicted octanol–water partition coefficient (Wildman–Crippen LogP) is 3.47. The van der Waals surface area contributed by atoms with E-state index in [1.54, 1.807) is 11.1 Å². The summed E-state index contributed by atoms with van der Waals surface area (Å²) < 4.78 is 11.3. The van der Waals surface area contributed by atoms with Crippen LogP contribution in [-0.4, -0.2) is 25.4 Å². The molecule has 0 radical (unpaired) electrons. The molecule has 3 atom stereocenters. The van der Waals surface area contributed by atoms with E-state index in [0.29, 0.717) is 12.2 Å². The Morgan fingerprint density at radius 2 is 1.95 bits per heavy atom. The molecule has 0 N–H and O–H groups in total. The summed E-state index contributed by atoms with van der Waals surface area (Å²) >= 11 is 0. The van der Waals surface area contributed by atoms with Crippen LogP contribution < -0.4 is 0 Å². The van der Waals surface area contributed by atoms with Crippen molar-refractivity contribution in [2.24, 2.45) is 5.92 Å². The number of fused-ring (bicyclic) bond motifs is 1. The van der Waals surface area contributed by atoms with Crippen LogP contribution in [0.1, 0.15) is 48.8 Å². The van der Waals surface area contributed by atoms with Gasteiger partial charge in [-0.15, -0.1) is 0 Å². The fourth-order valence-corrected chi connectivity index (χ4v) is 3.88. The smallest absolute Gasteiger partial charge is 0.0609 e. The van der Waals surface area contributed by atoms with Crippen molar-refractivity contribution in [3.63, 3.8) is 0 Å². The van der Waals surface area contributed by atoms with Crippen LogP contribution >= 0.6 is 0 Å². The highest BCUT2D eigenvalue weighted by molar-refractivity contribution is 5.42. The maximum Gasteiger partial charge on any atom is 0.0609 e. The van der Waals surface area contributed by atoms with Crippen LogP contribution in [0.4, 0.5) is 0 Å². The molecule has 2 nitrogen and oxygen atoms in total. The molecule has 0 aromatic heterocycles. The highest BCUT2D eigenvalue weighted by Gasteiger charge is 2.37. The van der Waals surface area contributed by atoms with E-state index < -0.39 is 0 Å². The number of benzene rings is 1. The highest BCUT2D eigenvalue weighted by Crippen LogP contribution is 2.42. The lowest BCUT2D eigenvalue weighted by Gasteiger charge is -2.43. The highest BCUT2D eigenvalue weighted by atomic mass is 16.5. The molecule has 20 heavy (non-hydrogen) atoms. The zero-order valence-electron chi connectivity index (χ0n) is 12.3. The van der Waals surface area contributed by atoms with Gasteiger partial charge in [-0.3, -0.25) is 0 Å². The van der Waals surface area contributed by atoms with Crippen molar-refractivity contribution in [2.45, 2.75) is 57.2 Å². The van der Waals surface area contributed by atoms with Crippen molar-refractivity contribution in [2.75, 3.05) is 13.2 Å². The molecule has 1 aromatic carbocycles. The second kappa shape index (κ2) is 5.16. The molecule has 3 unspecified atom stereocenters. The Labute approximate surface area is 121 Å². The van der Waals surface area contributed by atoms with E-state index in [9.17, 15) is 0 Å². The average Bonchev–Trinajstić information content (AvgIpc) is 2.34. The van der Waals surface area contributed by atoms with Gasteiger partial charge in [-0.25, -0.2) is 0 Å². The molecule has 2 fully saturated rings. The minimum atomic E-state index is 0.519. The molecule has 0 saturated carbocycles. The fourth-order valence-electron chi connectivity index (χ4n) is 3.88. The predicted molar refractivity (Wildman–Crippen MR) is 79.1 cm³/mol. The zero-order valence-corrected chi connectivity index (χ0v) is 12.3. The van der Waals surface area contributed by atoms with E-state index in [1.165, 1.54) is 31.2 Å². The van der Waals surface area contributed by atoms with Gasteiger partial charge in [0.1, 0.15) is 0 Å². The van der Waals surface area contributed by atoms with Crippen molar-refractivity contribution in [1.82, 2.24) is 0 Å². The quantitative estimate of drug-likeness (QED) is 0.817. The van der Waals surface area contributed by atoms with Gasteiger partial charge in [0.2, 0.25) is 0 Å². The monoisotopic (exact) mass is 272 g/mol. The van der Waals surface area contributed by atoms with Gasteiger partial charge in [-0.05, 0) is 54.7 Å². The molecule has 2 saturated heterocycles. The summed E-state index contributed by atoms with van der Waals surface area (Å²) in [6.07, 6.45) is 7.18. The van der Waals surface area contributed by atoms with Gasteiger partial charge in [-0.2, -0.15) is 0 Å². The second-order valence-corrected chi connectivity index (χ2v) is 6.78. The van der Waals surface area contributed by atoms with Crippen LogP contribution in [0.3, 0.4) is 0 Å². The van der Waals surface area contributed by atoms with Crippen molar-refractivity contribution >= 4 is 0 Å². The van der Waals surface area contributed by atoms with E-state index in [2.05, 4.69) is 25.1 Å². The Morgan fingerprint density at radius 1 is 1.15 bits per heavy atom. The normalized spacial score (nSPS) is 31.9. The third-order valence-corrected chi connectivity index (χ3v) is 5.28. The number of hydrogen-bond donors (Lipinski definition) is 0. The minimum Gasteiger partial charge on any atom is -0.381 e. The largest absolute Gasteiger partial charge is 0.381 e. The van der Waals surface area contributed by atoms with Crippen LogP contribution in [0, 0.1) is 5.92 Å². The average molecular weight is 272 g/mol. The molecule has 2 heteroatoms. The maximum atomic E-state index is 6.06. The van der Waals surface area contributed by atoms with Gasteiger partial charge >= 0.3 is 0 Å². The van der Waals surface area contributed by atoms with Crippen LogP contribution in [-0.2, 0) is 22.3 Å². The van der Waals surface area contributed by atoms with E-state index in [1.807, 2.05) is 0 Å². The van der Waals surface area contributed by atoms with Crippen molar-refractivity contribution < 1.29 is 9.47 Å². The topological polar surface area (TPSA) is 18.5 Å². The lowest BCUT2D eigenvalue weighted by atomic mass is 9.73. The summed E-state index contributed by atoms with van der Waals surface area (Å²) in [6, 6.07) is 7.04. The Morgan fingerprint density at radius 3 is 2.60 bits per heavy atom.